The van der Waals surface area contributed by atoms with Crippen molar-refractivity contribution < 1.29 is 5.11 Å². The summed E-state index contributed by atoms with van der Waals surface area (Å²) in [5, 5.41) is 15.4. The first-order valence-electron chi connectivity index (χ1n) is 5.28. The molecule has 0 spiro atoms. The monoisotopic (exact) mass is 212 g/mol. The molecule has 0 saturated carbocycles. The predicted molar refractivity (Wildman–Crippen MR) is 54.3 cm³/mol. The van der Waals surface area contributed by atoms with E-state index in [1.54, 1.807) is 0 Å². The number of nitrogens with zero attached hydrogens (tertiary/aromatic N) is 2. The fourth-order valence-electron chi connectivity index (χ4n) is 2.05. The second kappa shape index (κ2) is 4.59. The molecule has 15 heavy (non-hydrogen) atoms. The van der Waals surface area contributed by atoms with Gasteiger partial charge in [0.25, 0.3) is 0 Å². The van der Waals surface area contributed by atoms with Crippen LogP contribution in [0.3, 0.4) is 0 Å². The molecule has 0 unspecified atom stereocenters. The van der Waals surface area contributed by atoms with Crippen LogP contribution in [-0.4, -0.2) is 44.4 Å². The number of hydrogen-bond donors (Lipinski definition) is 3. The normalized spacial score (nSPS) is 23.1. The third-order valence-electron chi connectivity index (χ3n) is 2.86. The lowest BCUT2D eigenvalue weighted by molar-refractivity contribution is 0.0820. The van der Waals surface area contributed by atoms with Crippen molar-refractivity contribution in [3.8, 4) is 0 Å². The molecule has 1 fully saturated rings. The Hall–Kier alpha value is -1.14. The van der Waals surface area contributed by atoms with E-state index < -0.39 is 0 Å². The second-order valence-corrected chi connectivity index (χ2v) is 3.93. The molecule has 0 aliphatic carbocycles. The minimum atomic E-state index is -0.275. The molecule has 2 heterocycles. The zero-order valence-corrected chi connectivity index (χ0v) is 8.57. The highest BCUT2D eigenvalue weighted by Gasteiger charge is 2.22. The molecule has 6 heteroatoms. The van der Waals surface area contributed by atoms with E-state index in [0.29, 0.717) is 12.4 Å². The van der Waals surface area contributed by atoms with Gasteiger partial charge in [0.05, 0.1) is 13.2 Å². The standard InChI is InChI=1S/C9H16N4O2/c14-6-7-3-1-2-4-13(7)5-8-10-9(15)12-11-8/h7,14H,1-6H2,(H2,10,11,12,15)/t7-/m1/s1. The Morgan fingerprint density at radius 2 is 2.40 bits per heavy atom. The van der Waals surface area contributed by atoms with Crippen molar-refractivity contribution in [2.75, 3.05) is 13.2 Å². The second-order valence-electron chi connectivity index (χ2n) is 3.93. The van der Waals surface area contributed by atoms with Gasteiger partial charge in [-0.15, -0.1) is 0 Å². The minimum Gasteiger partial charge on any atom is -0.395 e. The molecule has 6 nitrogen and oxygen atoms in total. The maximum atomic E-state index is 10.8. The summed E-state index contributed by atoms with van der Waals surface area (Å²) in [6, 6.07) is 0.207. The summed E-state index contributed by atoms with van der Waals surface area (Å²) in [5.41, 5.74) is -0.275. The predicted octanol–water partition coefficient (Wildman–Crippen LogP) is -0.555. The molecule has 1 atom stereocenters. The Labute approximate surface area is 87.3 Å². The van der Waals surface area contributed by atoms with E-state index in [-0.39, 0.29) is 18.3 Å². The van der Waals surface area contributed by atoms with Gasteiger partial charge in [-0.2, -0.15) is 5.10 Å². The first-order chi connectivity index (χ1) is 7.29. The number of aliphatic hydroxyl groups excluding tert-OH is 1. The van der Waals surface area contributed by atoms with Crippen LogP contribution in [0.1, 0.15) is 25.1 Å². The van der Waals surface area contributed by atoms with Gasteiger partial charge in [0.1, 0.15) is 5.82 Å². The molecule has 1 aromatic heterocycles. The molecule has 0 amide bonds. The largest absolute Gasteiger partial charge is 0.395 e. The zero-order chi connectivity index (χ0) is 10.7. The number of aromatic nitrogens is 3. The summed E-state index contributed by atoms with van der Waals surface area (Å²) in [6.07, 6.45) is 3.33. The lowest BCUT2D eigenvalue weighted by Crippen LogP contribution is -2.41. The van der Waals surface area contributed by atoms with E-state index in [1.165, 1.54) is 6.42 Å². The molecule has 0 aromatic carbocycles. The van der Waals surface area contributed by atoms with Crippen molar-refractivity contribution in [3.05, 3.63) is 16.3 Å². The van der Waals surface area contributed by atoms with Crippen LogP contribution in [0.15, 0.2) is 4.79 Å². The summed E-state index contributed by atoms with van der Waals surface area (Å²) < 4.78 is 0. The quantitative estimate of drug-likeness (QED) is 0.627. The third kappa shape index (κ3) is 2.45. The lowest BCUT2D eigenvalue weighted by atomic mass is 10.0. The Kier molecular flexibility index (Phi) is 3.17. The minimum absolute atomic E-state index is 0.175. The van der Waals surface area contributed by atoms with Crippen molar-refractivity contribution >= 4 is 0 Å². The molecule has 3 N–H and O–H groups in total. The van der Waals surface area contributed by atoms with Crippen molar-refractivity contribution in [2.24, 2.45) is 0 Å². The van der Waals surface area contributed by atoms with E-state index in [2.05, 4.69) is 20.1 Å². The molecule has 1 aliphatic rings. The van der Waals surface area contributed by atoms with Crippen LogP contribution in [0.25, 0.3) is 0 Å². The van der Waals surface area contributed by atoms with Gasteiger partial charge in [-0.05, 0) is 19.4 Å². The van der Waals surface area contributed by atoms with Crippen LogP contribution >= 0.6 is 0 Å². The number of hydrogen-bond acceptors (Lipinski definition) is 4. The fraction of sp³-hybridized carbons (Fsp3) is 0.778. The average Bonchev–Trinajstić information content (AvgIpc) is 2.65. The highest BCUT2D eigenvalue weighted by molar-refractivity contribution is 4.85. The van der Waals surface area contributed by atoms with E-state index in [4.69, 9.17) is 0 Å². The van der Waals surface area contributed by atoms with E-state index >= 15 is 0 Å². The van der Waals surface area contributed by atoms with Crippen molar-refractivity contribution in [2.45, 2.75) is 31.8 Å². The molecular formula is C9H16N4O2. The topological polar surface area (TPSA) is 85.0 Å². The number of piperidine rings is 1. The van der Waals surface area contributed by atoms with Crippen molar-refractivity contribution in [1.29, 1.82) is 0 Å². The highest BCUT2D eigenvalue weighted by Crippen LogP contribution is 2.17. The van der Waals surface area contributed by atoms with Crippen LogP contribution in [0.4, 0.5) is 0 Å². The molecule has 1 aromatic rings. The van der Waals surface area contributed by atoms with Crippen molar-refractivity contribution in [3.63, 3.8) is 0 Å². The van der Waals surface area contributed by atoms with Crippen LogP contribution in [0.5, 0.6) is 0 Å². The molecule has 1 aliphatic heterocycles. The first kappa shape index (κ1) is 10.4. The van der Waals surface area contributed by atoms with E-state index in [9.17, 15) is 9.90 Å². The van der Waals surface area contributed by atoms with Gasteiger partial charge in [-0.25, -0.2) is 9.89 Å². The number of rotatable bonds is 3. The number of aliphatic hydroxyl groups is 1. The average molecular weight is 212 g/mol. The van der Waals surface area contributed by atoms with Crippen LogP contribution in [-0.2, 0) is 6.54 Å². The van der Waals surface area contributed by atoms with Crippen LogP contribution in [0, 0.1) is 0 Å². The summed E-state index contributed by atoms with van der Waals surface area (Å²) in [6.45, 7) is 1.73. The van der Waals surface area contributed by atoms with Crippen molar-refractivity contribution in [1.82, 2.24) is 20.1 Å². The summed E-state index contributed by atoms with van der Waals surface area (Å²) in [7, 11) is 0. The highest BCUT2D eigenvalue weighted by atomic mass is 16.3. The first-order valence-corrected chi connectivity index (χ1v) is 5.28. The lowest BCUT2D eigenvalue weighted by Gasteiger charge is -2.33. The Bertz CT molecular complexity index is 359. The molecule has 0 radical (unpaired) electrons. The maximum Gasteiger partial charge on any atom is 0.340 e. The molecule has 84 valence electrons. The van der Waals surface area contributed by atoms with E-state index in [0.717, 1.165) is 19.4 Å². The Morgan fingerprint density at radius 3 is 3.07 bits per heavy atom. The summed E-state index contributed by atoms with van der Waals surface area (Å²) in [4.78, 5) is 15.6. The molecule has 0 bridgehead atoms. The van der Waals surface area contributed by atoms with Crippen LogP contribution < -0.4 is 5.69 Å². The van der Waals surface area contributed by atoms with Gasteiger partial charge in [0.2, 0.25) is 0 Å². The zero-order valence-electron chi connectivity index (χ0n) is 8.57. The maximum absolute atomic E-state index is 10.8. The Morgan fingerprint density at radius 1 is 1.53 bits per heavy atom. The van der Waals surface area contributed by atoms with E-state index in [1.807, 2.05) is 0 Å². The van der Waals surface area contributed by atoms with Gasteiger partial charge in [0.15, 0.2) is 0 Å². The third-order valence-corrected chi connectivity index (χ3v) is 2.86. The summed E-state index contributed by atoms with van der Waals surface area (Å²) >= 11 is 0. The SMILES string of the molecule is O=c1[nH]nc(CN2CCCC[C@@H]2CO)[nH]1. The van der Waals surface area contributed by atoms with Gasteiger partial charge in [-0.3, -0.25) is 9.88 Å². The smallest absolute Gasteiger partial charge is 0.340 e. The fourth-order valence-corrected chi connectivity index (χ4v) is 2.05. The Balaban J connectivity index is 2.00. The molecular weight excluding hydrogens is 196 g/mol. The molecule has 1 saturated heterocycles. The van der Waals surface area contributed by atoms with Gasteiger partial charge >= 0.3 is 5.69 Å². The van der Waals surface area contributed by atoms with Crippen LogP contribution in [0.2, 0.25) is 0 Å². The van der Waals surface area contributed by atoms with Gasteiger partial charge in [0, 0.05) is 6.04 Å². The number of H-pyrrole nitrogens is 2. The molecule has 2 rings (SSSR count). The number of nitrogens with one attached hydrogen (secondary N) is 2. The summed E-state index contributed by atoms with van der Waals surface area (Å²) in [5.74, 6) is 0.639. The van der Waals surface area contributed by atoms with Gasteiger partial charge < -0.3 is 5.11 Å². The number of aromatic amines is 2. The van der Waals surface area contributed by atoms with Gasteiger partial charge in [-0.1, -0.05) is 6.42 Å². The number of likely N-dealkylation sites (tertiary alicyclic amines) is 1.